The Kier molecular flexibility index (Phi) is 5.97. The molecule has 0 radical (unpaired) electrons. The molecule has 1 unspecified atom stereocenters. The third-order valence-corrected chi connectivity index (χ3v) is 6.23. The summed E-state index contributed by atoms with van der Waals surface area (Å²) in [7, 11) is 0. The van der Waals surface area contributed by atoms with E-state index in [0.717, 1.165) is 16.8 Å². The average Bonchev–Trinajstić information content (AvgIpc) is 3.28. The maximum Gasteiger partial charge on any atom is 0.266 e. The first-order valence-corrected chi connectivity index (χ1v) is 11.8. The highest BCUT2D eigenvalue weighted by molar-refractivity contribution is 5.82. The van der Waals surface area contributed by atoms with Crippen LogP contribution in [0.2, 0.25) is 0 Å². The quantitative estimate of drug-likeness (QED) is 0.351. The molecule has 0 aliphatic heterocycles. The first kappa shape index (κ1) is 23.2. The molecule has 9 nitrogen and oxygen atoms in total. The fourth-order valence-electron chi connectivity index (χ4n) is 4.40. The van der Waals surface area contributed by atoms with Gasteiger partial charge >= 0.3 is 0 Å². The molecule has 0 saturated carbocycles. The Hall–Kier alpha value is -4.53. The van der Waals surface area contributed by atoms with Crippen molar-refractivity contribution in [1.29, 1.82) is 0 Å². The molecule has 0 amide bonds. The summed E-state index contributed by atoms with van der Waals surface area (Å²) in [6.45, 7) is 7.74. The van der Waals surface area contributed by atoms with Crippen molar-refractivity contribution in [3.8, 4) is 17.1 Å². The lowest BCUT2D eigenvalue weighted by molar-refractivity contribution is 0.542. The lowest BCUT2D eigenvalue weighted by atomic mass is 10.1. The third kappa shape index (κ3) is 3.98. The highest BCUT2D eigenvalue weighted by Crippen LogP contribution is 2.33. The van der Waals surface area contributed by atoms with Crippen LogP contribution in [0.3, 0.4) is 0 Å². The fraction of sp³-hybridized carbons (Fsp3) is 0.222. The predicted octanol–water partition coefficient (Wildman–Crippen LogP) is 4.90. The first-order valence-electron chi connectivity index (χ1n) is 11.8. The Morgan fingerprint density at radius 2 is 1.81 bits per heavy atom. The van der Waals surface area contributed by atoms with E-state index in [-0.39, 0.29) is 17.4 Å². The van der Waals surface area contributed by atoms with Gasteiger partial charge in [-0.2, -0.15) is 0 Å². The number of nitrogen functional groups attached to an aromatic ring is 1. The minimum absolute atomic E-state index is 0.117. The van der Waals surface area contributed by atoms with E-state index in [0.29, 0.717) is 46.2 Å². The van der Waals surface area contributed by atoms with Gasteiger partial charge in [-0.25, -0.2) is 19.9 Å². The Bertz CT molecular complexity index is 1640. The molecule has 182 valence electrons. The van der Waals surface area contributed by atoms with Gasteiger partial charge in [0.05, 0.1) is 28.8 Å². The van der Waals surface area contributed by atoms with Gasteiger partial charge < -0.3 is 15.5 Å². The van der Waals surface area contributed by atoms with Crippen molar-refractivity contribution < 1.29 is 4.42 Å². The van der Waals surface area contributed by atoms with E-state index in [1.807, 2.05) is 63.2 Å². The molecular weight excluding hydrogens is 454 g/mol. The van der Waals surface area contributed by atoms with Gasteiger partial charge in [0.15, 0.2) is 0 Å². The number of oxazole rings is 1. The van der Waals surface area contributed by atoms with Crippen molar-refractivity contribution >= 4 is 22.5 Å². The smallest absolute Gasteiger partial charge is 0.266 e. The maximum atomic E-state index is 14.0. The number of aromatic nitrogens is 5. The molecule has 5 rings (SSSR count). The molecule has 3 aromatic heterocycles. The second kappa shape index (κ2) is 9.26. The van der Waals surface area contributed by atoms with E-state index in [1.165, 1.54) is 6.33 Å². The number of nitrogens with one attached hydrogen (secondary N) is 1. The second-order valence-corrected chi connectivity index (χ2v) is 8.73. The normalized spacial score (nSPS) is 12.1. The summed E-state index contributed by atoms with van der Waals surface area (Å²) in [5, 5.41) is 4.04. The van der Waals surface area contributed by atoms with Crippen LogP contribution in [0.4, 0.5) is 11.6 Å². The van der Waals surface area contributed by atoms with Crippen LogP contribution in [0.25, 0.3) is 28.0 Å². The van der Waals surface area contributed by atoms with Gasteiger partial charge in [0, 0.05) is 0 Å². The molecule has 0 saturated heterocycles. The number of fused-ring (bicyclic) bond motifs is 1. The van der Waals surface area contributed by atoms with E-state index in [1.54, 1.807) is 17.7 Å². The minimum atomic E-state index is -0.383. The molecule has 3 heterocycles. The van der Waals surface area contributed by atoms with Gasteiger partial charge in [-0.15, -0.1) is 0 Å². The van der Waals surface area contributed by atoms with E-state index < -0.39 is 0 Å². The molecule has 2 aromatic carbocycles. The molecule has 3 N–H and O–H groups in total. The second-order valence-electron chi connectivity index (χ2n) is 8.73. The summed E-state index contributed by atoms with van der Waals surface area (Å²) in [4.78, 5) is 31.8. The van der Waals surface area contributed by atoms with Crippen LogP contribution in [0, 0.1) is 20.8 Å². The van der Waals surface area contributed by atoms with Crippen molar-refractivity contribution in [3.05, 3.63) is 88.1 Å². The summed E-state index contributed by atoms with van der Waals surface area (Å²) < 4.78 is 7.43. The number of benzene rings is 2. The number of anilines is 2. The number of para-hydroxylation sites is 1. The number of nitrogens with two attached hydrogens (primary N) is 1. The topological polar surface area (TPSA) is 125 Å². The summed E-state index contributed by atoms with van der Waals surface area (Å²) >= 11 is 0. The number of nitrogens with zero attached hydrogens (tertiary/aromatic N) is 5. The number of aryl methyl sites for hydroxylation is 3. The molecule has 5 aromatic rings. The Morgan fingerprint density at radius 3 is 2.53 bits per heavy atom. The van der Waals surface area contributed by atoms with Gasteiger partial charge in [0.1, 0.15) is 35.1 Å². The predicted molar refractivity (Wildman–Crippen MR) is 140 cm³/mol. The number of hydrogen-bond acceptors (Lipinski definition) is 8. The zero-order valence-electron chi connectivity index (χ0n) is 20.6. The highest BCUT2D eigenvalue weighted by Gasteiger charge is 2.25. The zero-order valence-corrected chi connectivity index (χ0v) is 20.6. The third-order valence-electron chi connectivity index (χ3n) is 6.23. The van der Waals surface area contributed by atoms with E-state index in [9.17, 15) is 4.79 Å². The number of rotatable bonds is 6. The van der Waals surface area contributed by atoms with Gasteiger partial charge in [0.25, 0.3) is 5.56 Å². The molecule has 9 heteroatoms. The van der Waals surface area contributed by atoms with Crippen molar-refractivity contribution in [2.45, 2.75) is 40.2 Å². The van der Waals surface area contributed by atoms with Crippen LogP contribution >= 0.6 is 0 Å². The molecule has 0 fully saturated rings. The van der Waals surface area contributed by atoms with Gasteiger partial charge in [-0.05, 0) is 50.5 Å². The van der Waals surface area contributed by atoms with Crippen LogP contribution in [0.1, 0.15) is 42.1 Å². The van der Waals surface area contributed by atoms with E-state index in [4.69, 9.17) is 15.1 Å². The van der Waals surface area contributed by atoms with E-state index in [2.05, 4.69) is 20.3 Å². The maximum absolute atomic E-state index is 14.0. The summed E-state index contributed by atoms with van der Waals surface area (Å²) in [6, 6.07) is 13.1. The summed E-state index contributed by atoms with van der Waals surface area (Å²) in [5.41, 5.74) is 9.83. The lowest BCUT2D eigenvalue weighted by Gasteiger charge is -2.24. The van der Waals surface area contributed by atoms with Crippen molar-refractivity contribution in [3.63, 3.8) is 0 Å². The van der Waals surface area contributed by atoms with Crippen molar-refractivity contribution in [1.82, 2.24) is 24.5 Å². The minimum Gasteiger partial charge on any atom is -0.441 e. The van der Waals surface area contributed by atoms with Gasteiger partial charge in [-0.3, -0.25) is 9.36 Å². The van der Waals surface area contributed by atoms with Crippen LogP contribution in [-0.2, 0) is 0 Å². The molecule has 0 bridgehead atoms. The Labute approximate surface area is 208 Å². The summed E-state index contributed by atoms with van der Waals surface area (Å²) in [6.07, 6.45) is 3.62. The molecule has 36 heavy (non-hydrogen) atoms. The molecule has 1 atom stereocenters. The first-order chi connectivity index (χ1) is 17.4. The zero-order chi connectivity index (χ0) is 25.4. The summed E-state index contributed by atoms with van der Waals surface area (Å²) in [5.74, 6) is 2.22. The largest absolute Gasteiger partial charge is 0.441 e. The van der Waals surface area contributed by atoms with Crippen molar-refractivity contribution in [2.75, 3.05) is 11.1 Å². The monoisotopic (exact) mass is 481 g/mol. The van der Waals surface area contributed by atoms with Gasteiger partial charge in [0.2, 0.25) is 5.89 Å². The Morgan fingerprint density at radius 1 is 1.03 bits per heavy atom. The molecular formula is C27H27N7O2. The van der Waals surface area contributed by atoms with Crippen LogP contribution in [-0.4, -0.2) is 24.5 Å². The van der Waals surface area contributed by atoms with Gasteiger partial charge in [-0.1, -0.05) is 37.3 Å². The van der Waals surface area contributed by atoms with Crippen molar-refractivity contribution in [2.24, 2.45) is 0 Å². The number of hydrogen-bond donors (Lipinski definition) is 2. The highest BCUT2D eigenvalue weighted by atomic mass is 16.4. The molecule has 0 aliphatic rings. The standard InChI is InChI=1S/C27H27N7O2/c1-5-18(32-24-22(23(28)30-14-31-24)26-29-13-17(4)36-26)25-33-19-11-8-10-16(3)21(19)27(35)34(25)20-12-7-6-9-15(20)2/h6-14,18H,5H2,1-4H3,(H3,28,30,31,32). The fourth-order valence-corrected chi connectivity index (χ4v) is 4.40. The molecule has 0 spiro atoms. The lowest BCUT2D eigenvalue weighted by Crippen LogP contribution is -2.29. The van der Waals surface area contributed by atoms with E-state index >= 15 is 0 Å². The average molecular weight is 482 g/mol. The SMILES string of the molecule is CCC(Nc1ncnc(N)c1-c1ncc(C)o1)c1nc2cccc(C)c2c(=O)n1-c1ccccc1C. The Balaban J connectivity index is 1.73. The van der Waals surface area contributed by atoms with Crippen LogP contribution in [0.15, 0.2) is 64.2 Å². The van der Waals surface area contributed by atoms with Crippen LogP contribution in [0.5, 0.6) is 0 Å². The molecule has 0 aliphatic carbocycles. The van der Waals surface area contributed by atoms with Crippen LogP contribution < -0.4 is 16.6 Å².